The van der Waals surface area contributed by atoms with Crippen LogP contribution in [0.15, 0.2) is 34.1 Å². The molecule has 21 heavy (non-hydrogen) atoms. The maximum atomic E-state index is 3.70. The summed E-state index contributed by atoms with van der Waals surface area (Å²) in [5, 5.41) is 3.70. The molecule has 1 aromatic carbocycles. The van der Waals surface area contributed by atoms with E-state index in [1.54, 1.807) is 0 Å². The second kappa shape index (κ2) is 8.11. The van der Waals surface area contributed by atoms with E-state index in [9.17, 15) is 0 Å². The van der Waals surface area contributed by atoms with E-state index in [4.69, 9.17) is 0 Å². The van der Waals surface area contributed by atoms with Crippen LogP contribution in [0.2, 0.25) is 0 Å². The topological polar surface area (TPSA) is 12.0 Å². The smallest absolute Gasteiger partial charge is 0.0701 e. The maximum absolute atomic E-state index is 3.70. The van der Waals surface area contributed by atoms with Crippen LogP contribution in [0.4, 0.5) is 0 Å². The number of aryl methyl sites for hydroxylation is 2. The molecule has 0 aliphatic carbocycles. The number of benzene rings is 1. The zero-order valence-corrected chi connectivity index (χ0v) is 15.5. The molecule has 0 saturated carbocycles. The Bertz CT molecular complexity index is 576. The highest BCUT2D eigenvalue weighted by Gasteiger charge is 2.12. The van der Waals surface area contributed by atoms with Gasteiger partial charge in [-0.25, -0.2) is 0 Å². The van der Waals surface area contributed by atoms with Gasteiger partial charge < -0.3 is 5.32 Å². The van der Waals surface area contributed by atoms with Crippen LogP contribution < -0.4 is 5.32 Å². The van der Waals surface area contributed by atoms with Gasteiger partial charge in [0.2, 0.25) is 0 Å². The van der Waals surface area contributed by atoms with Gasteiger partial charge in [0, 0.05) is 10.9 Å². The Balaban J connectivity index is 2.06. The van der Waals surface area contributed by atoms with Gasteiger partial charge in [-0.3, -0.25) is 0 Å². The fraction of sp³-hybridized carbons (Fsp3) is 0.444. The molecule has 0 saturated heterocycles. The molecule has 114 valence electrons. The molecular weight excluding hydrogens is 342 g/mol. The van der Waals surface area contributed by atoms with Crippen LogP contribution in [0.3, 0.4) is 0 Å². The second-order valence-electron chi connectivity index (χ2n) is 5.68. The summed E-state index contributed by atoms with van der Waals surface area (Å²) in [7, 11) is 0. The lowest BCUT2D eigenvalue weighted by molar-refractivity contribution is 0.507. The van der Waals surface area contributed by atoms with Crippen molar-refractivity contribution >= 4 is 27.3 Å². The van der Waals surface area contributed by atoms with Crippen molar-refractivity contribution in [3.05, 3.63) is 55.7 Å². The molecule has 0 radical (unpaired) electrons. The molecular formula is C18H24BrNS. The van der Waals surface area contributed by atoms with Crippen molar-refractivity contribution in [1.82, 2.24) is 5.32 Å². The van der Waals surface area contributed by atoms with Gasteiger partial charge in [0.05, 0.1) is 3.79 Å². The summed E-state index contributed by atoms with van der Waals surface area (Å²) in [5.41, 5.74) is 4.20. The van der Waals surface area contributed by atoms with Gasteiger partial charge in [0.1, 0.15) is 0 Å². The van der Waals surface area contributed by atoms with E-state index in [-0.39, 0.29) is 0 Å². The van der Waals surface area contributed by atoms with Crippen molar-refractivity contribution < 1.29 is 0 Å². The van der Waals surface area contributed by atoms with Gasteiger partial charge in [-0.2, -0.15) is 0 Å². The van der Waals surface area contributed by atoms with Crippen molar-refractivity contribution in [3.8, 4) is 0 Å². The minimum Gasteiger partial charge on any atom is -0.313 e. The predicted molar refractivity (Wildman–Crippen MR) is 97.4 cm³/mol. The molecule has 0 amide bonds. The van der Waals surface area contributed by atoms with Crippen LogP contribution in [-0.2, 0) is 12.8 Å². The van der Waals surface area contributed by atoms with Crippen LogP contribution in [-0.4, -0.2) is 12.6 Å². The van der Waals surface area contributed by atoms with Crippen LogP contribution in [0.1, 0.15) is 34.9 Å². The SMILES string of the molecule is CCCNC(Cc1ccc(C)c(C)c1)Cc1ccc(Br)s1. The van der Waals surface area contributed by atoms with Crippen molar-refractivity contribution in [2.45, 2.75) is 46.1 Å². The Morgan fingerprint density at radius 1 is 1.10 bits per heavy atom. The molecule has 1 aromatic heterocycles. The lowest BCUT2D eigenvalue weighted by Gasteiger charge is -2.18. The van der Waals surface area contributed by atoms with Gasteiger partial charge in [-0.15, -0.1) is 11.3 Å². The Morgan fingerprint density at radius 3 is 2.52 bits per heavy atom. The number of hydrogen-bond acceptors (Lipinski definition) is 2. The van der Waals surface area contributed by atoms with Crippen molar-refractivity contribution in [3.63, 3.8) is 0 Å². The molecule has 1 heterocycles. The van der Waals surface area contributed by atoms with Crippen molar-refractivity contribution in [1.29, 1.82) is 0 Å². The summed E-state index contributed by atoms with van der Waals surface area (Å²) >= 11 is 5.40. The molecule has 0 spiro atoms. The van der Waals surface area contributed by atoms with E-state index in [1.165, 1.54) is 31.8 Å². The van der Waals surface area contributed by atoms with Gasteiger partial charge in [-0.1, -0.05) is 25.1 Å². The van der Waals surface area contributed by atoms with Gasteiger partial charge in [0.15, 0.2) is 0 Å². The molecule has 0 aliphatic heterocycles. The summed E-state index contributed by atoms with van der Waals surface area (Å²) in [6.45, 7) is 7.68. The van der Waals surface area contributed by atoms with E-state index < -0.39 is 0 Å². The molecule has 2 rings (SSSR count). The zero-order chi connectivity index (χ0) is 15.2. The van der Waals surface area contributed by atoms with Crippen LogP contribution in [0.25, 0.3) is 0 Å². The number of thiophene rings is 1. The molecule has 1 N–H and O–H groups in total. The molecule has 3 heteroatoms. The third kappa shape index (κ3) is 5.24. The van der Waals surface area contributed by atoms with E-state index in [2.05, 4.69) is 72.3 Å². The standard InChI is InChI=1S/C18H24BrNS/c1-4-9-20-16(12-17-7-8-18(19)21-17)11-15-6-5-13(2)14(3)10-15/h5-8,10,16,20H,4,9,11-12H2,1-3H3. The van der Waals surface area contributed by atoms with Crippen LogP contribution in [0.5, 0.6) is 0 Å². The van der Waals surface area contributed by atoms with E-state index >= 15 is 0 Å². The van der Waals surface area contributed by atoms with Gasteiger partial charge in [0.25, 0.3) is 0 Å². The molecule has 0 aliphatic rings. The molecule has 1 atom stereocenters. The first-order valence-corrected chi connectivity index (χ1v) is 9.23. The Labute approximate surface area is 140 Å². The Kier molecular flexibility index (Phi) is 6.46. The van der Waals surface area contributed by atoms with E-state index in [0.717, 1.165) is 19.4 Å². The summed E-state index contributed by atoms with van der Waals surface area (Å²) in [4.78, 5) is 1.44. The van der Waals surface area contributed by atoms with E-state index in [1.807, 2.05) is 11.3 Å². The lowest BCUT2D eigenvalue weighted by atomic mass is 9.99. The zero-order valence-electron chi connectivity index (χ0n) is 13.1. The molecule has 0 bridgehead atoms. The predicted octanol–water partition coefficient (Wildman–Crippen LogP) is 5.28. The highest BCUT2D eigenvalue weighted by atomic mass is 79.9. The average molecular weight is 366 g/mol. The van der Waals surface area contributed by atoms with Crippen molar-refractivity contribution in [2.75, 3.05) is 6.54 Å². The fourth-order valence-electron chi connectivity index (χ4n) is 2.48. The highest BCUT2D eigenvalue weighted by Crippen LogP contribution is 2.24. The van der Waals surface area contributed by atoms with Gasteiger partial charge in [-0.05, 0) is 84.4 Å². The molecule has 1 unspecified atom stereocenters. The normalized spacial score (nSPS) is 12.6. The van der Waals surface area contributed by atoms with Crippen LogP contribution in [0, 0.1) is 13.8 Å². The number of hydrogen-bond donors (Lipinski definition) is 1. The average Bonchev–Trinajstić information content (AvgIpc) is 2.85. The second-order valence-corrected chi connectivity index (χ2v) is 8.23. The van der Waals surface area contributed by atoms with Gasteiger partial charge >= 0.3 is 0 Å². The maximum Gasteiger partial charge on any atom is 0.0701 e. The van der Waals surface area contributed by atoms with Crippen LogP contribution >= 0.6 is 27.3 Å². The quantitative estimate of drug-likeness (QED) is 0.703. The fourth-order valence-corrected chi connectivity index (χ4v) is 4.05. The Hall–Kier alpha value is -0.640. The Morgan fingerprint density at radius 2 is 1.90 bits per heavy atom. The molecule has 1 nitrogen and oxygen atoms in total. The third-order valence-corrected chi connectivity index (χ3v) is 5.46. The number of rotatable bonds is 7. The van der Waals surface area contributed by atoms with E-state index in [0.29, 0.717) is 6.04 Å². The minimum atomic E-state index is 0.512. The number of nitrogens with one attached hydrogen (secondary N) is 1. The largest absolute Gasteiger partial charge is 0.313 e. The summed E-state index contributed by atoms with van der Waals surface area (Å²) in [6, 6.07) is 11.7. The molecule has 2 aromatic rings. The lowest BCUT2D eigenvalue weighted by Crippen LogP contribution is -2.33. The third-order valence-electron chi connectivity index (χ3n) is 3.81. The van der Waals surface area contributed by atoms with Crippen molar-refractivity contribution in [2.24, 2.45) is 0 Å². The molecule has 0 fully saturated rings. The summed E-state index contributed by atoms with van der Waals surface area (Å²) < 4.78 is 1.22. The monoisotopic (exact) mass is 365 g/mol. The minimum absolute atomic E-state index is 0.512. The summed E-state index contributed by atoms with van der Waals surface area (Å²) in [6.07, 6.45) is 3.37. The first kappa shape index (κ1) is 16.7. The first-order valence-electron chi connectivity index (χ1n) is 7.62. The highest BCUT2D eigenvalue weighted by molar-refractivity contribution is 9.11. The number of halogens is 1. The summed E-state index contributed by atoms with van der Waals surface area (Å²) in [5.74, 6) is 0. The first-order chi connectivity index (χ1) is 10.1.